The van der Waals surface area contributed by atoms with E-state index in [4.69, 9.17) is 4.74 Å². The van der Waals surface area contributed by atoms with Crippen LogP contribution < -0.4 is 4.74 Å². The largest absolute Gasteiger partial charge is 0.496 e. The summed E-state index contributed by atoms with van der Waals surface area (Å²) >= 11 is 0. The third-order valence-corrected chi connectivity index (χ3v) is 8.69. The monoisotopic (exact) mass is 380 g/mol. The molecule has 4 aliphatic carbocycles. The topological polar surface area (TPSA) is 46.5 Å². The van der Waals surface area contributed by atoms with E-state index in [1.807, 2.05) is 6.07 Å². The molecule has 3 nitrogen and oxygen atoms in total. The Bertz CT molecular complexity index is 825. The van der Waals surface area contributed by atoms with E-state index in [0.717, 1.165) is 37.9 Å². The van der Waals surface area contributed by atoms with Gasteiger partial charge in [0.25, 0.3) is 0 Å². The lowest BCUT2D eigenvalue weighted by Gasteiger charge is -2.55. The number of carbonyl (C=O) groups is 1. The summed E-state index contributed by atoms with van der Waals surface area (Å²) in [5.74, 6) is 3.50. The molecule has 2 saturated carbocycles. The van der Waals surface area contributed by atoms with Crippen LogP contribution in [0.15, 0.2) is 35.4 Å². The van der Waals surface area contributed by atoms with Gasteiger partial charge < -0.3 is 9.84 Å². The Kier molecular flexibility index (Phi) is 4.42. The third kappa shape index (κ3) is 2.62. The fourth-order valence-corrected chi connectivity index (χ4v) is 7.43. The van der Waals surface area contributed by atoms with Crippen LogP contribution in [0.4, 0.5) is 0 Å². The zero-order valence-corrected chi connectivity index (χ0v) is 17.1. The molecular formula is C25H32O3. The molecule has 150 valence electrons. The highest BCUT2D eigenvalue weighted by atomic mass is 16.5. The lowest BCUT2D eigenvalue weighted by molar-refractivity contribution is -0.119. The first kappa shape index (κ1) is 18.4. The molecule has 0 heterocycles. The summed E-state index contributed by atoms with van der Waals surface area (Å²) in [6.45, 7) is 2.34. The van der Waals surface area contributed by atoms with Gasteiger partial charge in [-0.3, -0.25) is 4.79 Å². The van der Waals surface area contributed by atoms with Gasteiger partial charge in [-0.05, 0) is 79.2 Å². The molecule has 0 unspecified atom stereocenters. The summed E-state index contributed by atoms with van der Waals surface area (Å²) in [5, 5.41) is 10.9. The van der Waals surface area contributed by atoms with E-state index >= 15 is 0 Å². The number of aliphatic hydroxyl groups excluding tert-OH is 1. The van der Waals surface area contributed by atoms with E-state index in [-0.39, 0.29) is 11.5 Å². The van der Waals surface area contributed by atoms with Crippen LogP contribution in [0.5, 0.6) is 5.75 Å². The Balaban J connectivity index is 1.64. The van der Waals surface area contributed by atoms with Crippen molar-refractivity contribution in [3.8, 4) is 5.75 Å². The highest BCUT2D eigenvalue weighted by Crippen LogP contribution is 2.65. The second kappa shape index (κ2) is 6.73. The summed E-state index contributed by atoms with van der Waals surface area (Å²) in [5.41, 5.74) is 4.33. The van der Waals surface area contributed by atoms with Crippen LogP contribution in [0.1, 0.15) is 69.8 Å². The van der Waals surface area contributed by atoms with Crippen molar-refractivity contribution in [1.82, 2.24) is 0 Å². The van der Waals surface area contributed by atoms with Crippen molar-refractivity contribution >= 4 is 5.78 Å². The van der Waals surface area contributed by atoms with Gasteiger partial charge in [-0.1, -0.05) is 36.3 Å². The van der Waals surface area contributed by atoms with Crippen LogP contribution >= 0.6 is 0 Å². The molecule has 0 aromatic heterocycles. The SMILES string of the molecule is COc1ccccc1[C@H]1C[C@]2(C)[C@@H](O)CC[C@H]2[C@@H]2CCC3=C(CCC(=O)C3)[C@H]21. The summed E-state index contributed by atoms with van der Waals surface area (Å²) in [6, 6.07) is 8.47. The Morgan fingerprint density at radius 1 is 1.11 bits per heavy atom. The second-order valence-corrected chi connectivity index (χ2v) is 9.83. The Morgan fingerprint density at radius 2 is 1.93 bits per heavy atom. The fraction of sp³-hybridized carbons (Fsp3) is 0.640. The quantitative estimate of drug-likeness (QED) is 0.732. The van der Waals surface area contributed by atoms with Crippen molar-refractivity contribution in [3.63, 3.8) is 0 Å². The minimum absolute atomic E-state index is 0.00473. The molecule has 0 aliphatic heterocycles. The second-order valence-electron chi connectivity index (χ2n) is 9.83. The van der Waals surface area contributed by atoms with Gasteiger partial charge in [-0.25, -0.2) is 0 Å². The summed E-state index contributed by atoms with van der Waals surface area (Å²) in [6.07, 6.45) is 7.52. The van der Waals surface area contributed by atoms with Crippen LogP contribution in [0.25, 0.3) is 0 Å². The summed E-state index contributed by atoms with van der Waals surface area (Å²) in [7, 11) is 1.76. The average Bonchev–Trinajstić information content (AvgIpc) is 3.01. The smallest absolute Gasteiger partial charge is 0.137 e. The van der Waals surface area contributed by atoms with E-state index in [9.17, 15) is 9.90 Å². The molecule has 3 heteroatoms. The molecule has 0 spiro atoms. The molecule has 0 saturated heterocycles. The maximum Gasteiger partial charge on any atom is 0.137 e. The number of carbonyl (C=O) groups excluding carboxylic acids is 1. The van der Waals surface area contributed by atoms with Gasteiger partial charge in [0.05, 0.1) is 13.2 Å². The molecular weight excluding hydrogens is 348 g/mol. The normalized spacial score (nSPS) is 40.0. The third-order valence-electron chi connectivity index (χ3n) is 8.69. The molecule has 4 aliphatic rings. The van der Waals surface area contributed by atoms with Crippen LogP contribution in [0.2, 0.25) is 0 Å². The fourth-order valence-electron chi connectivity index (χ4n) is 7.43. The molecule has 28 heavy (non-hydrogen) atoms. The average molecular weight is 381 g/mol. The number of para-hydroxylation sites is 1. The van der Waals surface area contributed by atoms with E-state index in [1.165, 1.54) is 17.6 Å². The van der Waals surface area contributed by atoms with Gasteiger partial charge in [-0.2, -0.15) is 0 Å². The number of hydrogen-bond donors (Lipinski definition) is 1. The van der Waals surface area contributed by atoms with Gasteiger partial charge in [0.2, 0.25) is 0 Å². The zero-order chi connectivity index (χ0) is 19.5. The molecule has 0 amide bonds. The Labute approximate surface area is 168 Å². The molecule has 1 N–H and O–H groups in total. The summed E-state index contributed by atoms with van der Waals surface area (Å²) < 4.78 is 5.77. The number of ether oxygens (including phenoxy) is 1. The molecule has 1 aromatic carbocycles. The van der Waals surface area contributed by atoms with Gasteiger partial charge in [0.15, 0.2) is 0 Å². The predicted molar refractivity (Wildman–Crippen MR) is 109 cm³/mol. The minimum Gasteiger partial charge on any atom is -0.496 e. The molecule has 6 atom stereocenters. The number of hydrogen-bond acceptors (Lipinski definition) is 3. The lowest BCUT2D eigenvalue weighted by atomic mass is 9.50. The van der Waals surface area contributed by atoms with Gasteiger partial charge in [-0.15, -0.1) is 0 Å². The minimum atomic E-state index is -0.195. The Hall–Kier alpha value is -1.61. The van der Waals surface area contributed by atoms with E-state index in [0.29, 0.717) is 42.3 Å². The van der Waals surface area contributed by atoms with E-state index < -0.39 is 0 Å². The predicted octanol–water partition coefficient (Wildman–Crippen LogP) is 5.04. The number of fused-ring (bicyclic) bond motifs is 4. The molecule has 2 fully saturated rings. The van der Waals surface area contributed by atoms with Crippen LogP contribution in [-0.2, 0) is 4.79 Å². The highest BCUT2D eigenvalue weighted by Gasteiger charge is 2.58. The molecule has 0 bridgehead atoms. The standard InChI is InChI=1S/C25H32O3/c1-25-14-20(18-5-3-4-6-22(18)28-2)24-17-10-8-16(26)13-15(17)7-9-19(24)21(25)11-12-23(25)27/h3-6,19-21,23-24,27H,7-14H2,1-2H3/t19-,20+,21-,23-,24+,25-/m0/s1. The summed E-state index contributed by atoms with van der Waals surface area (Å²) in [4.78, 5) is 12.1. The van der Waals surface area contributed by atoms with Crippen molar-refractivity contribution in [2.75, 3.05) is 7.11 Å². The maximum atomic E-state index is 12.1. The van der Waals surface area contributed by atoms with Crippen molar-refractivity contribution in [2.45, 2.75) is 70.3 Å². The molecule has 1 aromatic rings. The molecule has 0 radical (unpaired) electrons. The van der Waals surface area contributed by atoms with Crippen LogP contribution in [-0.4, -0.2) is 24.1 Å². The number of benzene rings is 1. The number of ketones is 1. The van der Waals surface area contributed by atoms with Crippen LogP contribution in [0, 0.1) is 23.2 Å². The maximum absolute atomic E-state index is 12.1. The van der Waals surface area contributed by atoms with Gasteiger partial charge in [0.1, 0.15) is 11.5 Å². The zero-order valence-electron chi connectivity index (χ0n) is 17.1. The highest BCUT2D eigenvalue weighted by molar-refractivity contribution is 5.82. The van der Waals surface area contributed by atoms with E-state index in [2.05, 4.69) is 25.1 Å². The van der Waals surface area contributed by atoms with Crippen molar-refractivity contribution in [3.05, 3.63) is 41.0 Å². The number of methoxy groups -OCH3 is 1. The van der Waals surface area contributed by atoms with Crippen molar-refractivity contribution < 1.29 is 14.6 Å². The Morgan fingerprint density at radius 3 is 2.75 bits per heavy atom. The van der Waals surface area contributed by atoms with Crippen molar-refractivity contribution in [1.29, 1.82) is 0 Å². The first-order valence-corrected chi connectivity index (χ1v) is 11.1. The van der Waals surface area contributed by atoms with Gasteiger partial charge in [0, 0.05) is 12.8 Å². The lowest BCUT2D eigenvalue weighted by Crippen LogP contribution is -2.48. The van der Waals surface area contributed by atoms with Crippen molar-refractivity contribution in [2.24, 2.45) is 23.2 Å². The van der Waals surface area contributed by atoms with Crippen LogP contribution in [0.3, 0.4) is 0 Å². The number of rotatable bonds is 2. The number of Topliss-reactive ketones (excluding diaryl/α,β-unsaturated/α-hetero) is 1. The number of aliphatic hydroxyl groups is 1. The van der Waals surface area contributed by atoms with E-state index in [1.54, 1.807) is 12.7 Å². The first-order valence-electron chi connectivity index (χ1n) is 11.1. The first-order chi connectivity index (χ1) is 13.5. The number of allylic oxidation sites excluding steroid dienone is 2. The van der Waals surface area contributed by atoms with Gasteiger partial charge >= 0.3 is 0 Å². The molecule has 5 rings (SSSR count).